The predicted molar refractivity (Wildman–Crippen MR) is 159 cm³/mol. The van der Waals surface area contributed by atoms with Crippen LogP contribution in [0.15, 0.2) is 84.9 Å². The molecule has 4 aromatic rings. The Balaban J connectivity index is 1.42. The smallest absolute Gasteiger partial charge is 0.266 e. The average molecular weight is 529 g/mol. The molecule has 1 N–H and O–H groups in total. The minimum Gasteiger partial charge on any atom is -0.355 e. The number of fused-ring (bicyclic) bond motifs is 4. The molecule has 4 aromatic carbocycles. The number of rotatable bonds is 8. The van der Waals surface area contributed by atoms with Crippen molar-refractivity contribution >= 4 is 23.4 Å². The fourth-order valence-corrected chi connectivity index (χ4v) is 6.11. The van der Waals surface area contributed by atoms with Gasteiger partial charge in [0.15, 0.2) is 0 Å². The van der Waals surface area contributed by atoms with Gasteiger partial charge in [-0.05, 0) is 82.5 Å². The normalized spacial score (nSPS) is 15.2. The number of anilines is 1. The standard InChI is InChI=1S/C35H32N2O3/c1-3-5-10-26-24(19-20-28-25-11-6-7-12-27(25)32(31(26)28)33(38)36-21-4-2)22-15-17-23(18-16-22)37-34(39)29-13-8-9-14-30(29)35(37)40/h6-9,11-20,32H,3-5,10,21H2,1-2H3,(H,36,38). The van der Waals surface area contributed by atoms with E-state index in [0.29, 0.717) is 23.4 Å². The van der Waals surface area contributed by atoms with Gasteiger partial charge < -0.3 is 5.32 Å². The van der Waals surface area contributed by atoms with Gasteiger partial charge in [-0.3, -0.25) is 14.4 Å². The average Bonchev–Trinajstić information content (AvgIpc) is 3.46. The maximum Gasteiger partial charge on any atom is 0.266 e. The molecule has 1 atom stereocenters. The second kappa shape index (κ2) is 10.6. The van der Waals surface area contributed by atoms with E-state index in [0.717, 1.165) is 59.1 Å². The minimum atomic E-state index is -0.345. The van der Waals surface area contributed by atoms with E-state index < -0.39 is 0 Å². The lowest BCUT2D eigenvalue weighted by Gasteiger charge is -2.21. The van der Waals surface area contributed by atoms with Gasteiger partial charge in [-0.25, -0.2) is 4.90 Å². The van der Waals surface area contributed by atoms with E-state index in [4.69, 9.17) is 0 Å². The molecule has 0 saturated heterocycles. The summed E-state index contributed by atoms with van der Waals surface area (Å²) in [7, 11) is 0. The van der Waals surface area contributed by atoms with Gasteiger partial charge in [-0.2, -0.15) is 0 Å². The number of amides is 3. The van der Waals surface area contributed by atoms with Crippen molar-refractivity contribution in [3.05, 3.63) is 113 Å². The molecule has 5 nitrogen and oxygen atoms in total. The van der Waals surface area contributed by atoms with Crippen molar-refractivity contribution in [1.82, 2.24) is 5.32 Å². The van der Waals surface area contributed by atoms with Gasteiger partial charge in [0.2, 0.25) is 5.91 Å². The second-order valence-corrected chi connectivity index (χ2v) is 10.5. The molecule has 0 fully saturated rings. The van der Waals surface area contributed by atoms with Gasteiger partial charge >= 0.3 is 0 Å². The molecule has 0 saturated carbocycles. The summed E-state index contributed by atoms with van der Waals surface area (Å²) in [6.45, 7) is 4.89. The van der Waals surface area contributed by atoms with Crippen molar-refractivity contribution in [2.75, 3.05) is 11.4 Å². The molecule has 1 unspecified atom stereocenters. The molecular formula is C35H32N2O3. The number of carbonyl (C=O) groups is 3. The first-order valence-electron chi connectivity index (χ1n) is 14.2. The molecule has 1 heterocycles. The van der Waals surface area contributed by atoms with E-state index >= 15 is 0 Å². The first-order valence-corrected chi connectivity index (χ1v) is 14.2. The van der Waals surface area contributed by atoms with Gasteiger partial charge in [0.1, 0.15) is 0 Å². The van der Waals surface area contributed by atoms with E-state index in [1.54, 1.807) is 24.3 Å². The van der Waals surface area contributed by atoms with Crippen molar-refractivity contribution in [3.8, 4) is 22.3 Å². The van der Waals surface area contributed by atoms with Crippen LogP contribution in [0.4, 0.5) is 5.69 Å². The highest BCUT2D eigenvalue weighted by Gasteiger charge is 2.37. The van der Waals surface area contributed by atoms with Crippen molar-refractivity contribution in [2.24, 2.45) is 0 Å². The van der Waals surface area contributed by atoms with Crippen molar-refractivity contribution in [2.45, 2.75) is 45.4 Å². The molecule has 40 heavy (non-hydrogen) atoms. The third-order valence-electron chi connectivity index (χ3n) is 8.03. The Hall–Kier alpha value is -4.51. The second-order valence-electron chi connectivity index (χ2n) is 10.5. The highest BCUT2D eigenvalue weighted by molar-refractivity contribution is 6.34. The highest BCUT2D eigenvalue weighted by Crippen LogP contribution is 2.49. The molecule has 0 aromatic heterocycles. The largest absolute Gasteiger partial charge is 0.355 e. The topological polar surface area (TPSA) is 66.5 Å². The van der Waals surface area contributed by atoms with Crippen molar-refractivity contribution < 1.29 is 14.4 Å². The van der Waals surface area contributed by atoms with Crippen LogP contribution in [0.2, 0.25) is 0 Å². The molecule has 0 radical (unpaired) electrons. The van der Waals surface area contributed by atoms with E-state index in [-0.39, 0.29) is 23.6 Å². The Morgan fingerprint density at radius 3 is 2.00 bits per heavy atom. The van der Waals surface area contributed by atoms with Crippen LogP contribution in [-0.4, -0.2) is 24.3 Å². The van der Waals surface area contributed by atoms with E-state index in [1.807, 2.05) is 36.4 Å². The maximum absolute atomic E-state index is 13.6. The number of nitrogens with zero attached hydrogens (tertiary/aromatic N) is 1. The van der Waals surface area contributed by atoms with Gasteiger partial charge in [-0.1, -0.05) is 80.9 Å². The third-order valence-corrected chi connectivity index (χ3v) is 8.03. The zero-order valence-corrected chi connectivity index (χ0v) is 22.9. The molecule has 200 valence electrons. The fraction of sp³-hybridized carbons (Fsp3) is 0.229. The van der Waals surface area contributed by atoms with Crippen LogP contribution >= 0.6 is 0 Å². The maximum atomic E-state index is 13.6. The lowest BCUT2D eigenvalue weighted by Crippen LogP contribution is -2.30. The zero-order valence-electron chi connectivity index (χ0n) is 22.9. The molecule has 3 amide bonds. The summed E-state index contributed by atoms with van der Waals surface area (Å²) in [5.41, 5.74) is 9.11. The summed E-state index contributed by atoms with van der Waals surface area (Å²) in [4.78, 5) is 40.8. The molecule has 5 heteroatoms. The number of imide groups is 1. The first-order chi connectivity index (χ1) is 19.5. The van der Waals surface area contributed by atoms with Crippen LogP contribution in [0, 0.1) is 0 Å². The summed E-state index contributed by atoms with van der Waals surface area (Å²) in [5, 5.41) is 3.14. The van der Waals surface area contributed by atoms with Gasteiger partial charge in [0.25, 0.3) is 11.8 Å². The first kappa shape index (κ1) is 25.8. The Morgan fingerprint density at radius 1 is 0.725 bits per heavy atom. The van der Waals surface area contributed by atoms with Crippen LogP contribution in [0.3, 0.4) is 0 Å². The predicted octanol–water partition coefficient (Wildman–Crippen LogP) is 7.14. The number of nitrogens with one attached hydrogen (secondary N) is 1. The lowest BCUT2D eigenvalue weighted by molar-refractivity contribution is -0.121. The quantitative estimate of drug-likeness (QED) is 0.247. The van der Waals surface area contributed by atoms with E-state index in [1.165, 1.54) is 10.5 Å². The van der Waals surface area contributed by atoms with Crippen LogP contribution in [0.5, 0.6) is 0 Å². The molecule has 6 rings (SSSR count). The van der Waals surface area contributed by atoms with Gasteiger partial charge in [-0.15, -0.1) is 0 Å². The summed E-state index contributed by atoms with van der Waals surface area (Å²) in [6, 6.07) is 27.1. The number of hydrogen-bond donors (Lipinski definition) is 1. The number of benzene rings is 4. The lowest BCUT2D eigenvalue weighted by atomic mass is 9.85. The summed E-state index contributed by atoms with van der Waals surface area (Å²) < 4.78 is 0. The summed E-state index contributed by atoms with van der Waals surface area (Å²) in [6.07, 6.45) is 3.80. The van der Waals surface area contributed by atoms with Crippen LogP contribution in [0.1, 0.15) is 76.4 Å². The Kier molecular flexibility index (Phi) is 6.81. The van der Waals surface area contributed by atoms with E-state index in [2.05, 4.69) is 43.4 Å². The fourth-order valence-electron chi connectivity index (χ4n) is 6.11. The van der Waals surface area contributed by atoms with Crippen LogP contribution in [0.25, 0.3) is 22.3 Å². The molecular weight excluding hydrogens is 496 g/mol. The highest BCUT2D eigenvalue weighted by atomic mass is 16.2. The number of hydrogen-bond acceptors (Lipinski definition) is 3. The molecule has 1 aliphatic carbocycles. The van der Waals surface area contributed by atoms with Crippen molar-refractivity contribution in [1.29, 1.82) is 0 Å². The molecule has 2 aliphatic rings. The SMILES string of the molecule is CCCCc1c(-c2ccc(N3C(=O)c4ccccc4C3=O)cc2)ccc2c1C(C(=O)NCCC)c1ccccc1-2. The zero-order chi connectivity index (χ0) is 27.8. The summed E-state index contributed by atoms with van der Waals surface area (Å²) >= 11 is 0. The monoisotopic (exact) mass is 528 g/mol. The van der Waals surface area contributed by atoms with Crippen LogP contribution < -0.4 is 10.2 Å². The van der Waals surface area contributed by atoms with Crippen LogP contribution in [-0.2, 0) is 11.2 Å². The van der Waals surface area contributed by atoms with E-state index in [9.17, 15) is 14.4 Å². The Bertz CT molecular complexity index is 1600. The summed E-state index contributed by atoms with van der Waals surface area (Å²) in [5.74, 6) is -0.896. The third kappa shape index (κ3) is 4.13. The number of carbonyl (C=O) groups excluding carboxylic acids is 3. The molecule has 0 bridgehead atoms. The van der Waals surface area contributed by atoms with Crippen molar-refractivity contribution in [3.63, 3.8) is 0 Å². The Morgan fingerprint density at radius 2 is 1.35 bits per heavy atom. The minimum absolute atomic E-state index is 0.0453. The van der Waals surface area contributed by atoms with Gasteiger partial charge in [0, 0.05) is 6.54 Å². The number of unbranched alkanes of at least 4 members (excludes halogenated alkanes) is 1. The molecule has 0 spiro atoms. The molecule has 1 aliphatic heterocycles. The van der Waals surface area contributed by atoms with Gasteiger partial charge in [0.05, 0.1) is 22.7 Å². The Labute approximate surface area is 234 Å².